The molecule has 0 heterocycles. The number of amides is 1. The molecule has 0 saturated heterocycles. The molecule has 1 saturated carbocycles. The van der Waals surface area contributed by atoms with Gasteiger partial charge in [-0.05, 0) is 25.3 Å². The number of para-hydroxylation sites is 1. The third kappa shape index (κ3) is 2.70. The minimum Gasteiger partial charge on any atom is -0.496 e. The van der Waals surface area contributed by atoms with Crippen molar-refractivity contribution >= 4 is 11.9 Å². The Labute approximate surface area is 111 Å². The Morgan fingerprint density at radius 3 is 2.58 bits per heavy atom. The van der Waals surface area contributed by atoms with Gasteiger partial charge in [0, 0.05) is 5.56 Å². The molecule has 0 aromatic heterocycles. The molecule has 0 bridgehead atoms. The smallest absolute Gasteiger partial charge is 0.329 e. The Kier molecular flexibility index (Phi) is 3.74. The summed E-state index contributed by atoms with van der Waals surface area (Å²) in [5.74, 6) is -0.602. The number of carbonyl (C=O) groups is 2. The number of methoxy groups -OCH3 is 1. The van der Waals surface area contributed by atoms with Gasteiger partial charge in [0.15, 0.2) is 0 Å². The van der Waals surface area contributed by atoms with Gasteiger partial charge in [0.05, 0.1) is 13.5 Å². The number of carbonyl (C=O) groups excluding carboxylic acids is 1. The lowest BCUT2D eigenvalue weighted by Crippen LogP contribution is -2.59. The van der Waals surface area contributed by atoms with E-state index in [0.29, 0.717) is 18.6 Å². The highest BCUT2D eigenvalue weighted by atomic mass is 16.5. The van der Waals surface area contributed by atoms with E-state index in [4.69, 9.17) is 9.84 Å². The van der Waals surface area contributed by atoms with Crippen molar-refractivity contribution in [2.45, 2.75) is 31.2 Å². The number of hydrogen-bond acceptors (Lipinski definition) is 3. The minimum absolute atomic E-state index is 0.124. The van der Waals surface area contributed by atoms with Crippen LogP contribution in [0.15, 0.2) is 24.3 Å². The molecule has 5 heteroatoms. The van der Waals surface area contributed by atoms with Gasteiger partial charge in [0.25, 0.3) is 0 Å². The number of nitrogens with one attached hydrogen (secondary N) is 1. The third-order valence-electron chi connectivity index (χ3n) is 3.54. The van der Waals surface area contributed by atoms with Crippen molar-refractivity contribution in [2.75, 3.05) is 7.11 Å². The first-order chi connectivity index (χ1) is 9.07. The van der Waals surface area contributed by atoms with Crippen LogP contribution in [-0.2, 0) is 16.0 Å². The fraction of sp³-hybridized carbons (Fsp3) is 0.429. The molecular weight excluding hydrogens is 246 g/mol. The predicted octanol–water partition coefficient (Wildman–Crippen LogP) is 1.36. The summed E-state index contributed by atoms with van der Waals surface area (Å²) in [4.78, 5) is 23.1. The van der Waals surface area contributed by atoms with Gasteiger partial charge in [0.2, 0.25) is 5.91 Å². The molecule has 1 aromatic rings. The average molecular weight is 263 g/mol. The SMILES string of the molecule is COc1ccccc1CC(=O)NC1(C(=O)O)CCC1. The number of benzene rings is 1. The van der Waals surface area contributed by atoms with Crippen molar-refractivity contribution in [3.8, 4) is 5.75 Å². The molecule has 1 fully saturated rings. The summed E-state index contributed by atoms with van der Waals surface area (Å²) in [7, 11) is 1.54. The summed E-state index contributed by atoms with van der Waals surface area (Å²) >= 11 is 0. The normalized spacial score (nSPS) is 16.3. The molecule has 1 aliphatic carbocycles. The number of hydrogen-bond donors (Lipinski definition) is 2. The molecule has 102 valence electrons. The zero-order valence-corrected chi connectivity index (χ0v) is 10.8. The van der Waals surface area contributed by atoms with Gasteiger partial charge < -0.3 is 15.2 Å². The Hall–Kier alpha value is -2.04. The van der Waals surface area contributed by atoms with E-state index in [1.165, 1.54) is 0 Å². The van der Waals surface area contributed by atoms with Gasteiger partial charge in [-0.3, -0.25) is 4.79 Å². The number of rotatable bonds is 5. The predicted molar refractivity (Wildman–Crippen MR) is 69.1 cm³/mol. The molecule has 19 heavy (non-hydrogen) atoms. The van der Waals surface area contributed by atoms with E-state index in [1.807, 2.05) is 12.1 Å². The molecule has 0 unspecified atom stereocenters. The minimum atomic E-state index is -1.06. The number of carboxylic acid groups (broad SMARTS) is 1. The van der Waals surface area contributed by atoms with E-state index in [0.717, 1.165) is 12.0 Å². The highest BCUT2D eigenvalue weighted by molar-refractivity contribution is 5.89. The fourth-order valence-corrected chi connectivity index (χ4v) is 2.26. The maximum absolute atomic E-state index is 12.0. The lowest BCUT2D eigenvalue weighted by atomic mass is 9.76. The van der Waals surface area contributed by atoms with Crippen LogP contribution >= 0.6 is 0 Å². The van der Waals surface area contributed by atoms with Crippen LogP contribution in [0.25, 0.3) is 0 Å². The second-order valence-corrected chi connectivity index (χ2v) is 4.78. The summed E-state index contributed by atoms with van der Waals surface area (Å²) in [6.07, 6.45) is 1.96. The van der Waals surface area contributed by atoms with Crippen molar-refractivity contribution in [1.29, 1.82) is 0 Å². The van der Waals surface area contributed by atoms with Crippen LogP contribution in [0.2, 0.25) is 0 Å². The molecule has 0 spiro atoms. The van der Waals surface area contributed by atoms with Crippen LogP contribution in [0.3, 0.4) is 0 Å². The first-order valence-corrected chi connectivity index (χ1v) is 6.24. The highest BCUT2D eigenvalue weighted by Gasteiger charge is 2.45. The lowest BCUT2D eigenvalue weighted by molar-refractivity contribution is -0.151. The maximum Gasteiger partial charge on any atom is 0.329 e. The van der Waals surface area contributed by atoms with Gasteiger partial charge in [0.1, 0.15) is 11.3 Å². The number of carboxylic acids is 1. The molecule has 1 amide bonds. The van der Waals surface area contributed by atoms with Crippen LogP contribution in [0.1, 0.15) is 24.8 Å². The summed E-state index contributed by atoms with van der Waals surface area (Å²) in [5.41, 5.74) is -0.304. The first-order valence-electron chi connectivity index (χ1n) is 6.24. The lowest BCUT2D eigenvalue weighted by Gasteiger charge is -2.38. The van der Waals surface area contributed by atoms with Gasteiger partial charge in [-0.25, -0.2) is 4.79 Å². The van der Waals surface area contributed by atoms with Crippen molar-refractivity contribution in [2.24, 2.45) is 0 Å². The Morgan fingerprint density at radius 1 is 1.37 bits per heavy atom. The van der Waals surface area contributed by atoms with E-state index in [-0.39, 0.29) is 12.3 Å². The van der Waals surface area contributed by atoms with Crippen LogP contribution in [0.4, 0.5) is 0 Å². The van der Waals surface area contributed by atoms with Crippen LogP contribution in [-0.4, -0.2) is 29.6 Å². The third-order valence-corrected chi connectivity index (χ3v) is 3.54. The van der Waals surface area contributed by atoms with Crippen LogP contribution in [0, 0.1) is 0 Å². The summed E-state index contributed by atoms with van der Waals surface area (Å²) < 4.78 is 5.17. The van der Waals surface area contributed by atoms with Crippen molar-refractivity contribution in [3.63, 3.8) is 0 Å². The summed E-state index contributed by atoms with van der Waals surface area (Å²) in [5, 5.41) is 11.8. The molecule has 1 aliphatic rings. The van der Waals surface area contributed by atoms with Crippen molar-refractivity contribution in [1.82, 2.24) is 5.32 Å². The maximum atomic E-state index is 12.0. The molecule has 2 rings (SSSR count). The highest BCUT2D eigenvalue weighted by Crippen LogP contribution is 2.32. The first kappa shape index (κ1) is 13.4. The summed E-state index contributed by atoms with van der Waals surface area (Å²) in [6.45, 7) is 0. The largest absolute Gasteiger partial charge is 0.496 e. The van der Waals surface area contributed by atoms with Crippen LogP contribution < -0.4 is 10.1 Å². The Morgan fingerprint density at radius 2 is 2.05 bits per heavy atom. The second-order valence-electron chi connectivity index (χ2n) is 4.78. The van der Waals surface area contributed by atoms with E-state index >= 15 is 0 Å². The molecule has 5 nitrogen and oxygen atoms in total. The van der Waals surface area contributed by atoms with Crippen molar-refractivity contribution in [3.05, 3.63) is 29.8 Å². The zero-order chi connectivity index (χ0) is 13.9. The number of aliphatic carboxylic acids is 1. The van der Waals surface area contributed by atoms with E-state index in [1.54, 1.807) is 19.2 Å². The fourth-order valence-electron chi connectivity index (χ4n) is 2.26. The van der Waals surface area contributed by atoms with Gasteiger partial charge in [-0.2, -0.15) is 0 Å². The Balaban J connectivity index is 2.03. The zero-order valence-electron chi connectivity index (χ0n) is 10.8. The monoisotopic (exact) mass is 263 g/mol. The topological polar surface area (TPSA) is 75.6 Å². The average Bonchev–Trinajstić information content (AvgIpc) is 2.34. The molecule has 0 radical (unpaired) electrons. The van der Waals surface area contributed by atoms with Crippen LogP contribution in [0.5, 0.6) is 5.75 Å². The van der Waals surface area contributed by atoms with Gasteiger partial charge in [-0.15, -0.1) is 0 Å². The van der Waals surface area contributed by atoms with E-state index in [9.17, 15) is 9.59 Å². The standard InChI is InChI=1S/C14H17NO4/c1-19-11-6-3-2-5-10(11)9-12(16)15-14(13(17)18)7-4-8-14/h2-3,5-6H,4,7-9H2,1H3,(H,15,16)(H,17,18). The Bertz CT molecular complexity index is 494. The quantitative estimate of drug-likeness (QED) is 0.841. The molecular formula is C14H17NO4. The molecule has 2 N–H and O–H groups in total. The van der Waals surface area contributed by atoms with E-state index in [2.05, 4.69) is 5.32 Å². The molecule has 0 aliphatic heterocycles. The molecule has 0 atom stereocenters. The number of ether oxygens (including phenoxy) is 1. The van der Waals surface area contributed by atoms with Crippen molar-refractivity contribution < 1.29 is 19.4 Å². The molecule has 1 aromatic carbocycles. The van der Waals surface area contributed by atoms with Gasteiger partial charge >= 0.3 is 5.97 Å². The second kappa shape index (κ2) is 5.30. The summed E-state index contributed by atoms with van der Waals surface area (Å²) in [6, 6.07) is 7.22. The van der Waals surface area contributed by atoms with E-state index < -0.39 is 11.5 Å². The van der Waals surface area contributed by atoms with Gasteiger partial charge in [-0.1, -0.05) is 18.2 Å².